The number of rotatable bonds is 3. The van der Waals surface area contributed by atoms with E-state index in [1.165, 1.54) is 7.11 Å². The fourth-order valence-corrected chi connectivity index (χ4v) is 1.39. The number of carbonyl (C=O) groups excluding carboxylic acids is 1. The van der Waals surface area contributed by atoms with E-state index < -0.39 is 5.97 Å². The van der Waals surface area contributed by atoms with E-state index in [-0.39, 0.29) is 6.61 Å². The van der Waals surface area contributed by atoms with Crippen LogP contribution >= 0.6 is 0 Å². The van der Waals surface area contributed by atoms with E-state index in [1.54, 1.807) is 12.3 Å². The second-order valence-electron chi connectivity index (χ2n) is 3.19. The standard InChI is InChI=1S/C12H11NO3/c1-15-12(14)8-16-11-6-7-13-10-5-3-2-4-9(10)11/h2-7H,8H2,1H3. The molecule has 82 valence electrons. The molecule has 0 atom stereocenters. The van der Waals surface area contributed by atoms with E-state index in [2.05, 4.69) is 9.72 Å². The smallest absolute Gasteiger partial charge is 0.343 e. The number of benzene rings is 1. The summed E-state index contributed by atoms with van der Waals surface area (Å²) in [5, 5.41) is 0.883. The van der Waals surface area contributed by atoms with Crippen molar-refractivity contribution in [3.63, 3.8) is 0 Å². The van der Waals surface area contributed by atoms with Crippen LogP contribution in [0.1, 0.15) is 0 Å². The summed E-state index contributed by atoms with van der Waals surface area (Å²) in [6.07, 6.45) is 1.65. The monoisotopic (exact) mass is 217 g/mol. The lowest BCUT2D eigenvalue weighted by Gasteiger charge is -2.07. The Morgan fingerprint density at radius 3 is 2.94 bits per heavy atom. The molecule has 0 unspecified atom stereocenters. The van der Waals surface area contributed by atoms with E-state index in [4.69, 9.17) is 4.74 Å². The maximum Gasteiger partial charge on any atom is 0.343 e. The van der Waals surface area contributed by atoms with E-state index in [0.717, 1.165) is 10.9 Å². The quantitative estimate of drug-likeness (QED) is 0.735. The Balaban J connectivity index is 2.27. The molecule has 4 heteroatoms. The molecule has 1 aromatic carbocycles. The Morgan fingerprint density at radius 2 is 2.12 bits per heavy atom. The fraction of sp³-hybridized carbons (Fsp3) is 0.167. The van der Waals surface area contributed by atoms with Gasteiger partial charge in [0.2, 0.25) is 0 Å². The van der Waals surface area contributed by atoms with Gasteiger partial charge in [-0.1, -0.05) is 12.1 Å². The number of para-hydroxylation sites is 1. The Hall–Kier alpha value is -2.10. The normalized spacial score (nSPS) is 10.1. The van der Waals surface area contributed by atoms with Crippen LogP contribution in [0.3, 0.4) is 0 Å². The van der Waals surface area contributed by atoms with Gasteiger partial charge in [-0.25, -0.2) is 4.79 Å². The maximum absolute atomic E-state index is 11.0. The van der Waals surface area contributed by atoms with Crippen LogP contribution in [-0.2, 0) is 9.53 Å². The number of hydrogen-bond acceptors (Lipinski definition) is 4. The van der Waals surface area contributed by atoms with Gasteiger partial charge in [0, 0.05) is 11.6 Å². The van der Waals surface area contributed by atoms with Crippen molar-refractivity contribution >= 4 is 16.9 Å². The highest BCUT2D eigenvalue weighted by atomic mass is 16.6. The van der Waals surface area contributed by atoms with Crippen LogP contribution in [0, 0.1) is 0 Å². The molecular formula is C12H11NO3. The number of ether oxygens (including phenoxy) is 2. The first-order valence-electron chi connectivity index (χ1n) is 4.84. The number of pyridine rings is 1. The van der Waals surface area contributed by atoms with Gasteiger partial charge >= 0.3 is 5.97 Å². The molecule has 16 heavy (non-hydrogen) atoms. The summed E-state index contributed by atoms with van der Waals surface area (Å²) in [6, 6.07) is 9.31. The lowest BCUT2D eigenvalue weighted by molar-refractivity contribution is -0.142. The highest BCUT2D eigenvalue weighted by Crippen LogP contribution is 2.22. The van der Waals surface area contributed by atoms with Crippen molar-refractivity contribution < 1.29 is 14.3 Å². The number of nitrogens with zero attached hydrogens (tertiary/aromatic N) is 1. The second kappa shape index (κ2) is 4.61. The van der Waals surface area contributed by atoms with Crippen molar-refractivity contribution in [3.05, 3.63) is 36.5 Å². The molecular weight excluding hydrogens is 206 g/mol. The van der Waals surface area contributed by atoms with Crippen LogP contribution in [0.25, 0.3) is 10.9 Å². The number of aromatic nitrogens is 1. The maximum atomic E-state index is 11.0. The highest BCUT2D eigenvalue weighted by molar-refractivity contribution is 5.85. The zero-order chi connectivity index (χ0) is 11.4. The van der Waals surface area contributed by atoms with E-state index in [0.29, 0.717) is 5.75 Å². The molecule has 2 rings (SSSR count). The predicted octanol–water partition coefficient (Wildman–Crippen LogP) is 1.79. The van der Waals surface area contributed by atoms with Crippen molar-refractivity contribution in [2.45, 2.75) is 0 Å². The summed E-state index contributed by atoms with van der Waals surface area (Å²) >= 11 is 0. The largest absolute Gasteiger partial charge is 0.481 e. The van der Waals surface area contributed by atoms with Gasteiger partial charge in [-0.2, -0.15) is 0 Å². The van der Waals surface area contributed by atoms with Gasteiger partial charge in [0.05, 0.1) is 12.6 Å². The Bertz CT molecular complexity index is 505. The topological polar surface area (TPSA) is 48.4 Å². The fourth-order valence-electron chi connectivity index (χ4n) is 1.39. The van der Waals surface area contributed by atoms with Crippen molar-refractivity contribution in [2.75, 3.05) is 13.7 Å². The van der Waals surface area contributed by atoms with E-state index >= 15 is 0 Å². The van der Waals surface area contributed by atoms with Gasteiger partial charge in [-0.05, 0) is 18.2 Å². The van der Waals surface area contributed by atoms with Crippen LogP contribution in [0.5, 0.6) is 5.75 Å². The number of methoxy groups -OCH3 is 1. The van der Waals surface area contributed by atoms with Gasteiger partial charge in [-0.3, -0.25) is 4.98 Å². The minimum absolute atomic E-state index is 0.0928. The number of esters is 1. The molecule has 0 spiro atoms. The SMILES string of the molecule is COC(=O)COc1ccnc2ccccc12. The zero-order valence-corrected chi connectivity index (χ0v) is 8.84. The molecule has 0 saturated heterocycles. The van der Waals surface area contributed by atoms with Gasteiger partial charge in [0.25, 0.3) is 0 Å². The molecule has 4 nitrogen and oxygen atoms in total. The summed E-state index contributed by atoms with van der Waals surface area (Å²) in [5.41, 5.74) is 0.838. The number of fused-ring (bicyclic) bond motifs is 1. The third-order valence-corrected chi connectivity index (χ3v) is 2.18. The number of hydrogen-bond donors (Lipinski definition) is 0. The first-order valence-corrected chi connectivity index (χ1v) is 4.84. The Kier molecular flexibility index (Phi) is 3.00. The molecule has 0 aliphatic heterocycles. The molecule has 0 bridgehead atoms. The molecule has 0 amide bonds. The molecule has 1 heterocycles. The minimum Gasteiger partial charge on any atom is -0.481 e. The predicted molar refractivity (Wildman–Crippen MR) is 59.3 cm³/mol. The lowest BCUT2D eigenvalue weighted by atomic mass is 10.2. The summed E-state index contributed by atoms with van der Waals surface area (Å²) in [4.78, 5) is 15.2. The molecule has 0 fully saturated rings. The van der Waals surface area contributed by atoms with Gasteiger partial charge in [0.1, 0.15) is 5.75 Å². The summed E-state index contributed by atoms with van der Waals surface area (Å²) < 4.78 is 9.86. The van der Waals surface area contributed by atoms with Gasteiger partial charge in [0.15, 0.2) is 6.61 Å². The number of carbonyl (C=O) groups is 1. The third kappa shape index (κ3) is 2.11. The lowest BCUT2D eigenvalue weighted by Crippen LogP contribution is -2.12. The van der Waals surface area contributed by atoms with Crippen LogP contribution < -0.4 is 4.74 Å². The Morgan fingerprint density at radius 1 is 1.31 bits per heavy atom. The molecule has 1 aromatic heterocycles. The minimum atomic E-state index is -0.402. The molecule has 0 aliphatic rings. The molecule has 0 saturated carbocycles. The van der Waals surface area contributed by atoms with E-state index in [1.807, 2.05) is 24.3 Å². The van der Waals surface area contributed by atoms with Crippen molar-refractivity contribution in [1.29, 1.82) is 0 Å². The van der Waals surface area contributed by atoms with Crippen LogP contribution in [0.2, 0.25) is 0 Å². The highest BCUT2D eigenvalue weighted by Gasteiger charge is 2.05. The van der Waals surface area contributed by atoms with Crippen LogP contribution in [0.15, 0.2) is 36.5 Å². The van der Waals surface area contributed by atoms with Gasteiger partial charge < -0.3 is 9.47 Å². The van der Waals surface area contributed by atoms with Crippen molar-refractivity contribution in [2.24, 2.45) is 0 Å². The first-order chi connectivity index (χ1) is 7.81. The van der Waals surface area contributed by atoms with Crippen molar-refractivity contribution in [3.8, 4) is 5.75 Å². The molecule has 2 aromatic rings. The summed E-state index contributed by atoms with van der Waals surface area (Å²) in [5.74, 6) is 0.233. The van der Waals surface area contributed by atoms with Crippen LogP contribution in [-0.4, -0.2) is 24.7 Å². The first kappa shape index (κ1) is 10.4. The molecule has 0 radical (unpaired) electrons. The van der Waals surface area contributed by atoms with Crippen LogP contribution in [0.4, 0.5) is 0 Å². The second-order valence-corrected chi connectivity index (χ2v) is 3.19. The van der Waals surface area contributed by atoms with Crippen molar-refractivity contribution in [1.82, 2.24) is 4.98 Å². The average Bonchev–Trinajstić information content (AvgIpc) is 2.35. The zero-order valence-electron chi connectivity index (χ0n) is 8.84. The third-order valence-electron chi connectivity index (χ3n) is 2.18. The Labute approximate surface area is 92.8 Å². The van der Waals surface area contributed by atoms with E-state index in [9.17, 15) is 4.79 Å². The average molecular weight is 217 g/mol. The van der Waals surface area contributed by atoms with Gasteiger partial charge in [-0.15, -0.1) is 0 Å². The summed E-state index contributed by atoms with van der Waals surface area (Å²) in [6.45, 7) is -0.0928. The molecule has 0 aliphatic carbocycles. The molecule has 0 N–H and O–H groups in total. The summed E-state index contributed by atoms with van der Waals surface area (Å²) in [7, 11) is 1.33.